The maximum absolute atomic E-state index is 12.4. The van der Waals surface area contributed by atoms with Gasteiger partial charge in [-0.1, -0.05) is 26.0 Å². The van der Waals surface area contributed by atoms with Gasteiger partial charge in [-0.2, -0.15) is 0 Å². The Balaban J connectivity index is 1.52. The summed E-state index contributed by atoms with van der Waals surface area (Å²) in [5.41, 5.74) is 2.50. The highest BCUT2D eigenvalue weighted by Gasteiger charge is 2.22. The van der Waals surface area contributed by atoms with E-state index in [4.69, 9.17) is 12.2 Å². The molecule has 0 radical (unpaired) electrons. The molecule has 1 aliphatic heterocycles. The molecule has 2 N–H and O–H groups in total. The topological polar surface area (TPSA) is 64.7 Å². The molecular weight excluding hydrogens is 511 g/mol. The molecule has 6 nitrogen and oxygen atoms in total. The van der Waals surface area contributed by atoms with E-state index < -0.39 is 0 Å². The van der Waals surface area contributed by atoms with Crippen LogP contribution >= 0.6 is 34.8 Å². The van der Waals surface area contributed by atoms with Gasteiger partial charge in [0.25, 0.3) is 5.91 Å². The summed E-state index contributed by atoms with van der Waals surface area (Å²) in [6, 6.07) is 15.3. The largest absolute Gasteiger partial charge is 0.368 e. The van der Waals surface area contributed by atoms with Crippen molar-refractivity contribution >= 4 is 63.1 Å². The third kappa shape index (κ3) is 5.69. The van der Waals surface area contributed by atoms with Crippen molar-refractivity contribution in [2.75, 3.05) is 36.4 Å². The molecule has 0 saturated carbocycles. The number of carbonyl (C=O) groups excluding carboxylic acids is 2. The molecule has 0 aliphatic carbocycles. The lowest BCUT2D eigenvalue weighted by molar-refractivity contribution is -0.134. The number of rotatable bonds is 4. The number of hydrogen-bond acceptors (Lipinski definition) is 4. The molecule has 1 aliphatic rings. The van der Waals surface area contributed by atoms with Crippen LogP contribution in [-0.4, -0.2) is 48.0 Å². The molecule has 3 rings (SSSR count). The highest BCUT2D eigenvalue weighted by molar-refractivity contribution is 14.1. The van der Waals surface area contributed by atoms with Crippen molar-refractivity contribution in [1.82, 2.24) is 10.2 Å². The van der Waals surface area contributed by atoms with Crippen LogP contribution in [0.2, 0.25) is 0 Å². The van der Waals surface area contributed by atoms with Gasteiger partial charge in [0.1, 0.15) is 0 Å². The second-order valence-corrected chi connectivity index (χ2v) is 8.97. The van der Waals surface area contributed by atoms with E-state index in [2.05, 4.69) is 38.1 Å². The normalized spacial score (nSPS) is 13.9. The number of halogens is 1. The molecule has 2 amide bonds. The first-order valence-electron chi connectivity index (χ1n) is 9.86. The molecule has 158 valence electrons. The molecule has 2 aromatic rings. The summed E-state index contributed by atoms with van der Waals surface area (Å²) in [6.07, 6.45) is 0. The van der Waals surface area contributed by atoms with Gasteiger partial charge in [0.05, 0.1) is 5.56 Å². The van der Waals surface area contributed by atoms with Gasteiger partial charge < -0.3 is 15.1 Å². The van der Waals surface area contributed by atoms with Gasteiger partial charge in [-0.05, 0) is 71.2 Å². The van der Waals surface area contributed by atoms with E-state index in [1.807, 2.05) is 61.2 Å². The van der Waals surface area contributed by atoms with E-state index in [-0.39, 0.29) is 22.8 Å². The maximum Gasteiger partial charge on any atom is 0.258 e. The Morgan fingerprint density at radius 1 is 1.00 bits per heavy atom. The zero-order valence-electron chi connectivity index (χ0n) is 17.0. The first-order valence-corrected chi connectivity index (χ1v) is 11.3. The summed E-state index contributed by atoms with van der Waals surface area (Å²) >= 11 is 7.41. The molecule has 1 saturated heterocycles. The summed E-state index contributed by atoms with van der Waals surface area (Å²) in [4.78, 5) is 28.7. The van der Waals surface area contributed by atoms with Crippen molar-refractivity contribution in [1.29, 1.82) is 0 Å². The third-order valence-electron chi connectivity index (χ3n) is 4.92. The van der Waals surface area contributed by atoms with Crippen LogP contribution in [0.3, 0.4) is 0 Å². The average Bonchev–Trinajstić information content (AvgIpc) is 2.74. The van der Waals surface area contributed by atoms with Gasteiger partial charge in [-0.15, -0.1) is 0 Å². The van der Waals surface area contributed by atoms with E-state index in [0.717, 1.165) is 41.1 Å². The van der Waals surface area contributed by atoms with Gasteiger partial charge in [-0.25, -0.2) is 0 Å². The SMILES string of the molecule is CC(C)C(=O)N1CCN(c2ccc(NC(=S)NC(=O)c3ccccc3I)cc2)CC1. The van der Waals surface area contributed by atoms with Crippen molar-refractivity contribution < 1.29 is 9.59 Å². The lowest BCUT2D eigenvalue weighted by Gasteiger charge is -2.37. The fourth-order valence-corrected chi connectivity index (χ4v) is 4.13. The number of piperazine rings is 1. The lowest BCUT2D eigenvalue weighted by Crippen LogP contribution is -2.49. The minimum absolute atomic E-state index is 0.0385. The van der Waals surface area contributed by atoms with Gasteiger partial charge in [-0.3, -0.25) is 14.9 Å². The zero-order chi connectivity index (χ0) is 21.7. The fourth-order valence-electron chi connectivity index (χ4n) is 3.28. The van der Waals surface area contributed by atoms with Crippen LogP contribution in [0.15, 0.2) is 48.5 Å². The van der Waals surface area contributed by atoms with Gasteiger partial charge in [0.15, 0.2) is 5.11 Å². The van der Waals surface area contributed by atoms with Crippen LogP contribution in [0.25, 0.3) is 0 Å². The monoisotopic (exact) mass is 536 g/mol. The molecule has 0 spiro atoms. The Morgan fingerprint density at radius 2 is 1.63 bits per heavy atom. The fraction of sp³-hybridized carbons (Fsp3) is 0.318. The average molecular weight is 536 g/mol. The zero-order valence-corrected chi connectivity index (χ0v) is 20.0. The van der Waals surface area contributed by atoms with E-state index in [0.29, 0.717) is 5.56 Å². The summed E-state index contributed by atoms with van der Waals surface area (Å²) in [6.45, 7) is 6.99. The Bertz CT molecular complexity index is 925. The predicted octanol–water partition coefficient (Wildman–Crippen LogP) is 3.72. The van der Waals surface area contributed by atoms with Crippen molar-refractivity contribution in [3.8, 4) is 0 Å². The third-order valence-corrected chi connectivity index (χ3v) is 6.07. The van der Waals surface area contributed by atoms with E-state index in [1.165, 1.54) is 0 Å². The summed E-state index contributed by atoms with van der Waals surface area (Å²) < 4.78 is 0.870. The molecule has 30 heavy (non-hydrogen) atoms. The molecule has 0 atom stereocenters. The van der Waals surface area contributed by atoms with E-state index >= 15 is 0 Å². The van der Waals surface area contributed by atoms with Crippen molar-refractivity contribution in [2.45, 2.75) is 13.8 Å². The number of hydrogen-bond donors (Lipinski definition) is 2. The molecule has 1 heterocycles. The molecule has 0 aromatic heterocycles. The number of nitrogens with zero attached hydrogens (tertiary/aromatic N) is 2. The molecular formula is C22H25IN4O2S. The minimum atomic E-state index is -0.233. The summed E-state index contributed by atoms with van der Waals surface area (Å²) in [7, 11) is 0. The van der Waals surface area contributed by atoms with Crippen molar-refractivity contribution in [2.24, 2.45) is 5.92 Å². The molecule has 0 bridgehead atoms. The number of benzene rings is 2. The first kappa shape index (κ1) is 22.5. The molecule has 2 aromatic carbocycles. The second-order valence-electron chi connectivity index (χ2n) is 7.40. The highest BCUT2D eigenvalue weighted by atomic mass is 127. The standard InChI is InChI=1S/C22H25IN4O2S/c1-15(2)21(29)27-13-11-26(12-14-27)17-9-7-16(8-10-17)24-22(30)25-20(28)18-5-3-4-6-19(18)23/h3-10,15H,11-14H2,1-2H3,(H2,24,25,28,30). The number of anilines is 2. The quantitative estimate of drug-likeness (QED) is 0.461. The Hall–Kier alpha value is -2.20. The second kappa shape index (κ2) is 10.2. The van der Waals surface area contributed by atoms with Crippen molar-refractivity contribution in [3.63, 3.8) is 0 Å². The molecule has 8 heteroatoms. The van der Waals surface area contributed by atoms with Crippen molar-refractivity contribution in [3.05, 3.63) is 57.7 Å². The number of thiocarbonyl (C=S) groups is 1. The first-order chi connectivity index (χ1) is 14.3. The Labute approximate surface area is 196 Å². The number of amides is 2. The van der Waals surface area contributed by atoms with Crippen LogP contribution in [0.4, 0.5) is 11.4 Å². The number of carbonyl (C=O) groups is 2. The number of nitrogens with one attached hydrogen (secondary N) is 2. The van der Waals surface area contributed by atoms with Crippen LogP contribution in [0, 0.1) is 9.49 Å². The maximum atomic E-state index is 12.4. The van der Waals surface area contributed by atoms with Gasteiger partial charge in [0, 0.05) is 47.0 Å². The van der Waals surface area contributed by atoms with Crippen LogP contribution in [0.5, 0.6) is 0 Å². The van der Waals surface area contributed by atoms with Crippen LogP contribution in [0.1, 0.15) is 24.2 Å². The predicted molar refractivity (Wildman–Crippen MR) is 133 cm³/mol. The van der Waals surface area contributed by atoms with Crippen LogP contribution < -0.4 is 15.5 Å². The van der Waals surface area contributed by atoms with Crippen LogP contribution in [-0.2, 0) is 4.79 Å². The Kier molecular flexibility index (Phi) is 7.65. The highest BCUT2D eigenvalue weighted by Crippen LogP contribution is 2.20. The molecule has 1 fully saturated rings. The minimum Gasteiger partial charge on any atom is -0.368 e. The smallest absolute Gasteiger partial charge is 0.258 e. The van der Waals surface area contributed by atoms with Gasteiger partial charge in [0.2, 0.25) is 5.91 Å². The lowest BCUT2D eigenvalue weighted by atomic mass is 10.1. The Morgan fingerprint density at radius 3 is 2.23 bits per heavy atom. The summed E-state index contributed by atoms with van der Waals surface area (Å²) in [5.74, 6) is 0.0227. The van der Waals surface area contributed by atoms with E-state index in [9.17, 15) is 9.59 Å². The van der Waals surface area contributed by atoms with E-state index in [1.54, 1.807) is 6.07 Å². The van der Waals surface area contributed by atoms with Gasteiger partial charge >= 0.3 is 0 Å². The summed E-state index contributed by atoms with van der Waals surface area (Å²) in [5, 5.41) is 6.03. The molecule has 0 unspecified atom stereocenters.